The number of hydrogen-bond acceptors (Lipinski definition) is 6. The minimum absolute atomic E-state index is 0.0940. The van der Waals surface area contributed by atoms with Gasteiger partial charge in [0.1, 0.15) is 6.04 Å². The van der Waals surface area contributed by atoms with Crippen molar-refractivity contribution in [1.29, 1.82) is 0 Å². The summed E-state index contributed by atoms with van der Waals surface area (Å²) in [6, 6.07) is 6.73. The van der Waals surface area contributed by atoms with Gasteiger partial charge in [0.2, 0.25) is 5.91 Å². The molecule has 3 rings (SSSR count). The van der Waals surface area contributed by atoms with E-state index in [1.807, 2.05) is 11.8 Å². The number of hydrazine groups is 1. The summed E-state index contributed by atoms with van der Waals surface area (Å²) in [4.78, 5) is 26.8. The summed E-state index contributed by atoms with van der Waals surface area (Å²) in [6.45, 7) is 4.86. The lowest BCUT2D eigenvalue weighted by molar-refractivity contribution is -0.384. The molecule has 0 bridgehead atoms. The van der Waals surface area contributed by atoms with Crippen LogP contribution in [0.25, 0.3) is 0 Å². The lowest BCUT2D eigenvalue weighted by atomic mass is 10.1. The Morgan fingerprint density at radius 2 is 1.83 bits per heavy atom. The molecule has 2 unspecified atom stereocenters. The zero-order valence-electron chi connectivity index (χ0n) is 13.1. The van der Waals surface area contributed by atoms with Gasteiger partial charge in [-0.25, -0.2) is 5.43 Å². The molecule has 0 aromatic heterocycles. The molecule has 8 nitrogen and oxygen atoms in total. The third kappa shape index (κ3) is 3.43. The molecule has 1 aromatic carbocycles. The van der Waals surface area contributed by atoms with E-state index in [0.717, 1.165) is 25.2 Å². The normalized spacial score (nSPS) is 24.7. The molecule has 2 N–H and O–H groups in total. The first kappa shape index (κ1) is 15.7. The van der Waals surface area contributed by atoms with Gasteiger partial charge in [-0.05, 0) is 25.5 Å². The highest BCUT2D eigenvalue weighted by atomic mass is 16.6. The average Bonchev–Trinajstić information content (AvgIpc) is 3.01. The third-order valence-electron chi connectivity index (χ3n) is 4.41. The predicted octanol–water partition coefficient (Wildman–Crippen LogP) is 0.498. The minimum atomic E-state index is -0.399. The van der Waals surface area contributed by atoms with Gasteiger partial charge >= 0.3 is 0 Å². The van der Waals surface area contributed by atoms with Crippen LogP contribution in [0.5, 0.6) is 0 Å². The van der Waals surface area contributed by atoms with Crippen LogP contribution in [-0.2, 0) is 4.79 Å². The van der Waals surface area contributed by atoms with Gasteiger partial charge in [0.25, 0.3) is 5.69 Å². The Morgan fingerprint density at radius 1 is 1.17 bits per heavy atom. The second-order valence-corrected chi connectivity index (χ2v) is 6.06. The number of benzene rings is 1. The van der Waals surface area contributed by atoms with Gasteiger partial charge in [-0.1, -0.05) is 0 Å². The van der Waals surface area contributed by atoms with Crippen molar-refractivity contribution in [2.75, 3.05) is 31.1 Å². The van der Waals surface area contributed by atoms with Gasteiger partial charge in [0.15, 0.2) is 0 Å². The highest BCUT2D eigenvalue weighted by Crippen LogP contribution is 2.21. The van der Waals surface area contributed by atoms with Crippen molar-refractivity contribution in [1.82, 2.24) is 15.8 Å². The molecule has 2 heterocycles. The molecule has 0 aliphatic carbocycles. The van der Waals surface area contributed by atoms with Crippen molar-refractivity contribution in [3.63, 3.8) is 0 Å². The number of nitrogens with one attached hydrogen (secondary N) is 2. The summed E-state index contributed by atoms with van der Waals surface area (Å²) in [5, 5.41) is 10.7. The average molecular weight is 319 g/mol. The van der Waals surface area contributed by atoms with Gasteiger partial charge in [-0.3, -0.25) is 20.3 Å². The zero-order valence-corrected chi connectivity index (χ0v) is 13.1. The first-order chi connectivity index (χ1) is 11.0. The largest absolute Gasteiger partial charge is 0.368 e. The van der Waals surface area contributed by atoms with E-state index >= 15 is 0 Å². The van der Waals surface area contributed by atoms with Crippen LogP contribution in [0.15, 0.2) is 24.3 Å². The minimum Gasteiger partial charge on any atom is -0.368 e. The highest BCUT2D eigenvalue weighted by molar-refractivity contribution is 5.82. The van der Waals surface area contributed by atoms with Crippen LogP contribution in [-0.4, -0.2) is 54.0 Å². The van der Waals surface area contributed by atoms with Gasteiger partial charge < -0.3 is 9.80 Å². The number of piperazine rings is 1. The number of amides is 1. The van der Waals surface area contributed by atoms with Crippen LogP contribution < -0.4 is 15.8 Å². The van der Waals surface area contributed by atoms with Crippen LogP contribution in [0, 0.1) is 10.1 Å². The number of nitro groups is 1. The molecular weight excluding hydrogens is 298 g/mol. The van der Waals surface area contributed by atoms with Crippen LogP contribution in [0.3, 0.4) is 0 Å². The molecule has 2 atom stereocenters. The van der Waals surface area contributed by atoms with E-state index in [1.165, 1.54) is 12.1 Å². The fourth-order valence-corrected chi connectivity index (χ4v) is 3.07. The van der Waals surface area contributed by atoms with E-state index in [9.17, 15) is 14.9 Å². The molecule has 0 spiro atoms. The van der Waals surface area contributed by atoms with E-state index in [0.29, 0.717) is 19.1 Å². The van der Waals surface area contributed by atoms with E-state index in [4.69, 9.17) is 0 Å². The Bertz CT molecular complexity index is 583. The lowest BCUT2D eigenvalue weighted by Crippen LogP contribution is -2.53. The molecule has 1 aromatic rings. The number of non-ortho nitro benzene ring substituents is 1. The fourth-order valence-electron chi connectivity index (χ4n) is 3.07. The van der Waals surface area contributed by atoms with Gasteiger partial charge in [-0.15, -0.1) is 0 Å². The molecule has 23 heavy (non-hydrogen) atoms. The first-order valence-electron chi connectivity index (χ1n) is 7.84. The Hall–Kier alpha value is -2.19. The zero-order chi connectivity index (χ0) is 16.4. The maximum absolute atomic E-state index is 12.4. The van der Waals surface area contributed by atoms with Crippen LogP contribution >= 0.6 is 0 Å². The van der Waals surface area contributed by atoms with Gasteiger partial charge in [-0.2, -0.15) is 0 Å². The predicted molar refractivity (Wildman–Crippen MR) is 86.0 cm³/mol. The monoisotopic (exact) mass is 319 g/mol. The van der Waals surface area contributed by atoms with Crippen molar-refractivity contribution in [2.45, 2.75) is 25.4 Å². The van der Waals surface area contributed by atoms with Crippen LogP contribution in [0.4, 0.5) is 11.4 Å². The summed E-state index contributed by atoms with van der Waals surface area (Å²) >= 11 is 0. The smallest absolute Gasteiger partial charge is 0.269 e. The molecule has 2 aliphatic heterocycles. The van der Waals surface area contributed by atoms with Crippen LogP contribution in [0.2, 0.25) is 0 Å². The Morgan fingerprint density at radius 3 is 2.35 bits per heavy atom. The molecule has 0 saturated carbocycles. The molecule has 1 amide bonds. The summed E-state index contributed by atoms with van der Waals surface area (Å²) in [5.74, 6) is 0.144. The van der Waals surface area contributed by atoms with Gasteiger partial charge in [0, 0.05) is 50.0 Å². The summed E-state index contributed by atoms with van der Waals surface area (Å²) in [6.07, 6.45) is 0.807. The summed E-state index contributed by atoms with van der Waals surface area (Å²) in [7, 11) is 0. The quantitative estimate of drug-likeness (QED) is 0.623. The van der Waals surface area contributed by atoms with Crippen molar-refractivity contribution < 1.29 is 9.72 Å². The SMILES string of the molecule is CC1CC(C(=O)N2CCN(c3ccc([N+](=O)[O-])cc3)CC2)NN1. The fraction of sp³-hybridized carbons (Fsp3) is 0.533. The third-order valence-corrected chi connectivity index (χ3v) is 4.41. The van der Waals surface area contributed by atoms with Gasteiger partial charge in [0.05, 0.1) is 4.92 Å². The van der Waals surface area contributed by atoms with Crippen molar-refractivity contribution in [3.8, 4) is 0 Å². The Labute approximate surface area is 134 Å². The Balaban J connectivity index is 1.55. The maximum atomic E-state index is 12.4. The molecule has 2 fully saturated rings. The van der Waals surface area contributed by atoms with Crippen molar-refractivity contribution in [2.24, 2.45) is 0 Å². The first-order valence-corrected chi connectivity index (χ1v) is 7.84. The van der Waals surface area contributed by atoms with E-state index in [2.05, 4.69) is 15.8 Å². The molecule has 8 heteroatoms. The number of nitrogens with zero attached hydrogens (tertiary/aromatic N) is 3. The summed E-state index contributed by atoms with van der Waals surface area (Å²) < 4.78 is 0. The Kier molecular flexibility index (Phi) is 4.44. The highest BCUT2D eigenvalue weighted by Gasteiger charge is 2.31. The van der Waals surface area contributed by atoms with Crippen molar-refractivity contribution >= 4 is 17.3 Å². The van der Waals surface area contributed by atoms with E-state index in [1.54, 1.807) is 12.1 Å². The number of carbonyl (C=O) groups is 1. The topological polar surface area (TPSA) is 90.8 Å². The second kappa shape index (κ2) is 6.51. The summed E-state index contributed by atoms with van der Waals surface area (Å²) in [5.41, 5.74) is 7.17. The molecular formula is C15H21N5O3. The number of carbonyl (C=O) groups excluding carboxylic acids is 1. The molecule has 2 saturated heterocycles. The van der Waals surface area contributed by atoms with Crippen LogP contribution in [0.1, 0.15) is 13.3 Å². The maximum Gasteiger partial charge on any atom is 0.269 e. The standard InChI is InChI=1S/C15H21N5O3/c1-11-10-14(17-16-11)15(21)19-8-6-18(7-9-19)12-2-4-13(5-3-12)20(22)23/h2-5,11,14,16-17H,6-10H2,1H3. The number of hydrogen-bond donors (Lipinski definition) is 2. The molecule has 2 aliphatic rings. The second-order valence-electron chi connectivity index (χ2n) is 6.06. The van der Waals surface area contributed by atoms with E-state index < -0.39 is 4.92 Å². The van der Waals surface area contributed by atoms with Crippen molar-refractivity contribution in [3.05, 3.63) is 34.4 Å². The molecule has 124 valence electrons. The van der Waals surface area contributed by atoms with E-state index in [-0.39, 0.29) is 17.6 Å². The number of rotatable bonds is 3. The number of anilines is 1. The number of nitro benzene ring substituents is 1. The lowest BCUT2D eigenvalue weighted by Gasteiger charge is -2.37. The molecule has 0 radical (unpaired) electrons.